The Morgan fingerprint density at radius 3 is 2.65 bits per heavy atom. The highest BCUT2D eigenvalue weighted by Crippen LogP contribution is 2.40. The molecular weight excluding hydrogens is 675 g/mol. The standard InChI is InChI=1S/C31H33ClF3N7O5S/c1-3-46-22-12-18(30(43)39-25-13-19(6-9-37-25)31(33,34)35)4-5-21(22)26-27-28(36)38-14-24(32)42(27)29(40-26)23-15-41(17(2)16-47-23)20-7-10-48(44,45)11-8-20/h4-6,9,12-14,17,20,23H,3,7-8,10-11,15-16H2,1-2H3,(H2,36,38)(H,37,39,43)/t17-,23+/m0/s1. The normalized spacial score (nSPS) is 20.5. The first-order valence-electron chi connectivity index (χ1n) is 15.3. The van der Waals surface area contributed by atoms with Gasteiger partial charge in [-0.1, -0.05) is 11.6 Å². The van der Waals surface area contributed by atoms with Crippen LogP contribution in [0.3, 0.4) is 0 Å². The van der Waals surface area contributed by atoms with Gasteiger partial charge in [0.2, 0.25) is 0 Å². The lowest BCUT2D eigenvalue weighted by Crippen LogP contribution is -2.52. The molecule has 0 spiro atoms. The van der Waals surface area contributed by atoms with E-state index in [1.54, 1.807) is 17.4 Å². The van der Waals surface area contributed by atoms with Gasteiger partial charge in [0, 0.05) is 36.0 Å². The molecule has 3 aromatic heterocycles. The Hall–Kier alpha value is -3.99. The molecule has 2 fully saturated rings. The zero-order valence-electron chi connectivity index (χ0n) is 26.0. The quantitative estimate of drug-likeness (QED) is 0.267. The SMILES string of the molecule is CCOc1cc(C(=O)Nc2cc(C(F)(F)F)ccn2)ccc1-c1nc([C@H]2CN(C3CCS(=O)(=O)CC3)[C@@H](C)CO2)n2c(Cl)cnc(N)c12. The number of ether oxygens (including phenoxy) is 2. The minimum absolute atomic E-state index is 0.0503. The summed E-state index contributed by atoms with van der Waals surface area (Å²) in [6.07, 6.45) is -1.71. The summed E-state index contributed by atoms with van der Waals surface area (Å²) in [5.74, 6) is 0.167. The fourth-order valence-corrected chi connectivity index (χ4v) is 7.87. The highest BCUT2D eigenvalue weighted by molar-refractivity contribution is 7.91. The van der Waals surface area contributed by atoms with Crippen LogP contribution in [-0.2, 0) is 20.8 Å². The van der Waals surface area contributed by atoms with Crippen molar-refractivity contribution in [2.45, 2.75) is 51.1 Å². The average molecular weight is 708 g/mol. The molecule has 1 aromatic carbocycles. The van der Waals surface area contributed by atoms with E-state index >= 15 is 0 Å². The molecule has 0 unspecified atom stereocenters. The van der Waals surface area contributed by atoms with Crippen LogP contribution in [-0.4, -0.2) is 81.9 Å². The molecule has 2 saturated heterocycles. The maximum absolute atomic E-state index is 13.2. The second-order valence-electron chi connectivity index (χ2n) is 11.7. The van der Waals surface area contributed by atoms with E-state index in [0.29, 0.717) is 48.6 Å². The Morgan fingerprint density at radius 2 is 1.94 bits per heavy atom. The van der Waals surface area contributed by atoms with E-state index in [1.807, 2.05) is 6.92 Å². The number of amides is 1. The van der Waals surface area contributed by atoms with Crippen molar-refractivity contribution in [2.24, 2.45) is 0 Å². The van der Waals surface area contributed by atoms with Gasteiger partial charge in [-0.3, -0.25) is 14.1 Å². The molecule has 2 atom stereocenters. The average Bonchev–Trinajstić information content (AvgIpc) is 3.45. The van der Waals surface area contributed by atoms with Crippen LogP contribution in [0, 0.1) is 0 Å². The van der Waals surface area contributed by atoms with Crippen LogP contribution < -0.4 is 15.8 Å². The van der Waals surface area contributed by atoms with Crippen molar-refractivity contribution in [1.82, 2.24) is 24.3 Å². The maximum Gasteiger partial charge on any atom is 0.416 e. The zero-order valence-corrected chi connectivity index (χ0v) is 27.6. The zero-order chi connectivity index (χ0) is 34.4. The van der Waals surface area contributed by atoms with Crippen molar-refractivity contribution < 1.29 is 35.9 Å². The van der Waals surface area contributed by atoms with Crippen molar-refractivity contribution in [3.8, 4) is 17.0 Å². The van der Waals surface area contributed by atoms with Gasteiger partial charge in [-0.15, -0.1) is 0 Å². The number of aromatic nitrogens is 4. The third-order valence-electron chi connectivity index (χ3n) is 8.56. The van der Waals surface area contributed by atoms with Gasteiger partial charge in [0.25, 0.3) is 5.91 Å². The van der Waals surface area contributed by atoms with E-state index in [-0.39, 0.29) is 58.3 Å². The van der Waals surface area contributed by atoms with Gasteiger partial charge in [-0.25, -0.2) is 23.4 Å². The van der Waals surface area contributed by atoms with Gasteiger partial charge < -0.3 is 20.5 Å². The Labute approximate surface area is 279 Å². The van der Waals surface area contributed by atoms with Crippen LogP contribution in [0.1, 0.15) is 54.5 Å². The van der Waals surface area contributed by atoms with Crippen molar-refractivity contribution in [2.75, 3.05) is 42.3 Å². The first-order chi connectivity index (χ1) is 22.8. The van der Waals surface area contributed by atoms with E-state index in [0.717, 1.165) is 18.3 Å². The van der Waals surface area contributed by atoms with Crippen molar-refractivity contribution in [3.63, 3.8) is 0 Å². The smallest absolute Gasteiger partial charge is 0.416 e. The number of fused-ring (bicyclic) bond motifs is 1. The van der Waals surface area contributed by atoms with E-state index in [9.17, 15) is 26.4 Å². The van der Waals surface area contributed by atoms with Crippen molar-refractivity contribution in [1.29, 1.82) is 0 Å². The highest BCUT2D eigenvalue weighted by Gasteiger charge is 2.38. The second kappa shape index (κ2) is 13.1. The summed E-state index contributed by atoms with van der Waals surface area (Å²) in [4.78, 5) is 28.4. The number of pyridine rings is 1. The number of imidazole rings is 1. The van der Waals surface area contributed by atoms with Crippen molar-refractivity contribution >= 4 is 44.5 Å². The number of anilines is 2. The third-order valence-corrected chi connectivity index (χ3v) is 10.5. The number of rotatable bonds is 7. The molecule has 2 aliphatic heterocycles. The molecule has 6 rings (SSSR count). The fraction of sp³-hybridized carbons (Fsp3) is 0.419. The molecule has 256 valence electrons. The number of nitrogens with one attached hydrogen (secondary N) is 1. The van der Waals surface area contributed by atoms with E-state index in [4.69, 9.17) is 31.8 Å². The number of carbonyl (C=O) groups is 1. The van der Waals surface area contributed by atoms with Crippen LogP contribution in [0.5, 0.6) is 5.75 Å². The minimum atomic E-state index is -4.60. The predicted octanol–water partition coefficient (Wildman–Crippen LogP) is 5.04. The molecule has 0 radical (unpaired) electrons. The van der Waals surface area contributed by atoms with Crippen LogP contribution in [0.2, 0.25) is 5.15 Å². The summed E-state index contributed by atoms with van der Waals surface area (Å²) in [6.45, 7) is 4.83. The third kappa shape index (κ3) is 6.79. The Balaban J connectivity index is 1.36. The van der Waals surface area contributed by atoms with E-state index in [1.165, 1.54) is 18.3 Å². The number of hydrogen-bond donors (Lipinski definition) is 2. The molecule has 3 N–H and O–H groups in total. The number of morpholine rings is 1. The fourth-order valence-electron chi connectivity index (χ4n) is 6.18. The molecule has 12 nitrogen and oxygen atoms in total. The second-order valence-corrected chi connectivity index (χ2v) is 14.4. The number of hydrogen-bond acceptors (Lipinski definition) is 10. The lowest BCUT2D eigenvalue weighted by molar-refractivity contribution is -0.137. The Bertz CT molecular complexity index is 1960. The Kier molecular flexibility index (Phi) is 9.28. The van der Waals surface area contributed by atoms with Crippen LogP contribution in [0.25, 0.3) is 16.8 Å². The number of halogens is 4. The molecule has 2 aliphatic rings. The minimum Gasteiger partial charge on any atom is -0.493 e. The number of sulfone groups is 1. The summed E-state index contributed by atoms with van der Waals surface area (Å²) in [5.41, 5.74) is 6.77. The predicted molar refractivity (Wildman–Crippen MR) is 173 cm³/mol. The van der Waals surface area contributed by atoms with Crippen molar-refractivity contribution in [3.05, 3.63) is 64.8 Å². The Morgan fingerprint density at radius 1 is 1.19 bits per heavy atom. The van der Waals surface area contributed by atoms with Gasteiger partial charge in [-0.2, -0.15) is 13.2 Å². The van der Waals surface area contributed by atoms with Crippen LogP contribution >= 0.6 is 11.6 Å². The molecule has 0 aliphatic carbocycles. The number of carbonyl (C=O) groups excluding carboxylic acids is 1. The van der Waals surface area contributed by atoms with Gasteiger partial charge in [-0.05, 0) is 57.0 Å². The van der Waals surface area contributed by atoms with Crippen LogP contribution in [0.4, 0.5) is 24.8 Å². The molecule has 1 amide bonds. The first-order valence-corrected chi connectivity index (χ1v) is 17.5. The number of benzene rings is 1. The number of nitrogen functional groups attached to an aromatic ring is 1. The van der Waals surface area contributed by atoms with Gasteiger partial charge in [0.1, 0.15) is 55.5 Å². The lowest BCUT2D eigenvalue weighted by atomic mass is 10.0. The summed E-state index contributed by atoms with van der Waals surface area (Å²) >= 11 is 6.69. The highest BCUT2D eigenvalue weighted by atomic mass is 35.5. The molecule has 5 heterocycles. The molecule has 0 bridgehead atoms. The van der Waals surface area contributed by atoms with E-state index in [2.05, 4.69) is 20.2 Å². The van der Waals surface area contributed by atoms with Gasteiger partial charge in [0.05, 0.1) is 36.5 Å². The first kappa shape index (κ1) is 33.9. The summed E-state index contributed by atoms with van der Waals surface area (Å²) < 4.78 is 77.6. The topological polar surface area (TPSA) is 154 Å². The molecule has 4 aromatic rings. The van der Waals surface area contributed by atoms with Crippen LogP contribution in [0.15, 0.2) is 42.7 Å². The summed E-state index contributed by atoms with van der Waals surface area (Å²) in [5, 5.41) is 2.63. The molecular formula is C31H33ClF3N7O5S. The number of alkyl halides is 3. The summed E-state index contributed by atoms with van der Waals surface area (Å²) in [7, 11) is -3.04. The number of nitrogens with two attached hydrogens (primary N) is 1. The molecule has 0 saturated carbocycles. The monoisotopic (exact) mass is 707 g/mol. The summed E-state index contributed by atoms with van der Waals surface area (Å²) in [6, 6.07) is 6.22. The van der Waals surface area contributed by atoms with Gasteiger partial charge >= 0.3 is 6.18 Å². The maximum atomic E-state index is 13.2. The largest absolute Gasteiger partial charge is 0.493 e. The molecule has 17 heteroatoms. The lowest BCUT2D eigenvalue weighted by Gasteiger charge is -2.43. The van der Waals surface area contributed by atoms with E-state index < -0.39 is 33.6 Å². The number of nitrogens with zero attached hydrogens (tertiary/aromatic N) is 5. The molecule has 48 heavy (non-hydrogen) atoms. The van der Waals surface area contributed by atoms with Gasteiger partial charge in [0.15, 0.2) is 0 Å².